The second-order valence-electron chi connectivity index (χ2n) is 4.57. The summed E-state index contributed by atoms with van der Waals surface area (Å²) in [5.41, 5.74) is 2.06. The molecule has 0 fully saturated rings. The van der Waals surface area contributed by atoms with E-state index in [9.17, 15) is 0 Å². The van der Waals surface area contributed by atoms with E-state index in [0.717, 1.165) is 22.8 Å². The van der Waals surface area contributed by atoms with Gasteiger partial charge in [0.1, 0.15) is 12.1 Å². The van der Waals surface area contributed by atoms with Gasteiger partial charge in [-0.1, -0.05) is 0 Å². The van der Waals surface area contributed by atoms with Crippen LogP contribution in [0.2, 0.25) is 0 Å². The highest BCUT2D eigenvalue weighted by Crippen LogP contribution is 2.16. The molecule has 0 aromatic carbocycles. The van der Waals surface area contributed by atoms with E-state index in [1.165, 1.54) is 0 Å². The zero-order chi connectivity index (χ0) is 13.9. The molecule has 0 saturated heterocycles. The number of pyridine rings is 1. The molecule has 0 aliphatic heterocycles. The highest BCUT2D eigenvalue weighted by molar-refractivity contribution is 5.55. The second kappa shape index (κ2) is 5.12. The lowest BCUT2D eigenvalue weighted by atomic mass is 10.2. The van der Waals surface area contributed by atoms with Gasteiger partial charge in [0.15, 0.2) is 5.82 Å². The minimum Gasteiger partial charge on any atom is -0.366 e. The van der Waals surface area contributed by atoms with Gasteiger partial charge in [0.2, 0.25) is 0 Å². The summed E-state index contributed by atoms with van der Waals surface area (Å²) in [7, 11) is 3.81. The van der Waals surface area contributed by atoms with Crippen LogP contribution in [0, 0.1) is 0 Å². The number of rotatable bonds is 4. The van der Waals surface area contributed by atoms with Crippen molar-refractivity contribution in [3.63, 3.8) is 0 Å². The Hall–Kier alpha value is -2.70. The number of hydrogen-bond donors (Lipinski definition) is 1. The van der Waals surface area contributed by atoms with Crippen molar-refractivity contribution in [1.29, 1.82) is 0 Å². The van der Waals surface area contributed by atoms with Gasteiger partial charge in [-0.25, -0.2) is 4.98 Å². The van der Waals surface area contributed by atoms with E-state index >= 15 is 0 Å². The molecule has 0 amide bonds. The molecule has 0 bridgehead atoms. The molecule has 3 aromatic heterocycles. The molecule has 3 heterocycles. The normalized spacial score (nSPS) is 10.7. The van der Waals surface area contributed by atoms with Crippen LogP contribution in [0.3, 0.4) is 0 Å². The summed E-state index contributed by atoms with van der Waals surface area (Å²) >= 11 is 0. The summed E-state index contributed by atoms with van der Waals surface area (Å²) in [5, 5.41) is 15.3. The quantitative estimate of drug-likeness (QED) is 0.771. The van der Waals surface area contributed by atoms with Gasteiger partial charge in [-0.2, -0.15) is 5.10 Å². The Bertz CT molecular complexity index is 696. The average molecular weight is 269 g/mol. The van der Waals surface area contributed by atoms with Crippen molar-refractivity contribution in [2.75, 3.05) is 5.32 Å². The van der Waals surface area contributed by atoms with Gasteiger partial charge in [-0.05, 0) is 12.1 Å². The third-order valence-electron chi connectivity index (χ3n) is 2.97. The van der Waals surface area contributed by atoms with Crippen LogP contribution >= 0.6 is 0 Å². The van der Waals surface area contributed by atoms with Crippen molar-refractivity contribution >= 4 is 5.82 Å². The molecule has 0 spiro atoms. The molecule has 0 atom stereocenters. The molecule has 3 aromatic rings. The first-order chi connectivity index (χ1) is 9.72. The Labute approximate surface area is 116 Å². The molecular weight excluding hydrogens is 254 g/mol. The molecule has 0 aliphatic carbocycles. The Morgan fingerprint density at radius 3 is 2.70 bits per heavy atom. The minimum absolute atomic E-state index is 0.699. The first-order valence-corrected chi connectivity index (χ1v) is 6.24. The molecule has 1 N–H and O–H groups in total. The highest BCUT2D eigenvalue weighted by Gasteiger charge is 2.05. The first-order valence-electron chi connectivity index (χ1n) is 6.24. The fraction of sp³-hybridized carbons (Fsp3) is 0.231. The Morgan fingerprint density at radius 2 is 2.10 bits per heavy atom. The van der Waals surface area contributed by atoms with Crippen molar-refractivity contribution in [2.45, 2.75) is 6.54 Å². The number of anilines is 1. The molecule has 0 saturated carbocycles. The van der Waals surface area contributed by atoms with Gasteiger partial charge in [-0.3, -0.25) is 4.68 Å². The molecule has 20 heavy (non-hydrogen) atoms. The lowest BCUT2D eigenvalue weighted by Crippen LogP contribution is -2.01. The Balaban J connectivity index is 1.69. The fourth-order valence-corrected chi connectivity index (χ4v) is 1.93. The number of nitrogens with one attached hydrogen (secondary N) is 1. The van der Waals surface area contributed by atoms with Crippen molar-refractivity contribution in [3.8, 4) is 11.4 Å². The minimum atomic E-state index is 0.699. The van der Waals surface area contributed by atoms with E-state index in [0.29, 0.717) is 6.54 Å². The predicted molar refractivity (Wildman–Crippen MR) is 74.8 cm³/mol. The molecule has 7 heteroatoms. The van der Waals surface area contributed by atoms with Crippen LogP contribution in [-0.2, 0) is 20.6 Å². The van der Waals surface area contributed by atoms with Crippen molar-refractivity contribution in [1.82, 2.24) is 29.5 Å². The maximum atomic E-state index is 4.38. The van der Waals surface area contributed by atoms with E-state index in [1.54, 1.807) is 17.2 Å². The van der Waals surface area contributed by atoms with E-state index in [4.69, 9.17) is 0 Å². The molecule has 0 radical (unpaired) electrons. The topological polar surface area (TPSA) is 73.5 Å². The van der Waals surface area contributed by atoms with E-state index in [-0.39, 0.29) is 0 Å². The van der Waals surface area contributed by atoms with Gasteiger partial charge in [0.05, 0.1) is 6.20 Å². The average Bonchev–Trinajstić information content (AvgIpc) is 3.06. The Morgan fingerprint density at radius 1 is 1.20 bits per heavy atom. The zero-order valence-electron chi connectivity index (χ0n) is 11.4. The van der Waals surface area contributed by atoms with Crippen LogP contribution in [0.15, 0.2) is 37.1 Å². The van der Waals surface area contributed by atoms with Gasteiger partial charge < -0.3 is 9.88 Å². The molecular formula is C13H15N7. The maximum absolute atomic E-state index is 4.38. The van der Waals surface area contributed by atoms with Crippen LogP contribution in [0.1, 0.15) is 5.56 Å². The molecule has 0 aliphatic rings. The number of hydrogen-bond acceptors (Lipinski definition) is 5. The fourth-order valence-electron chi connectivity index (χ4n) is 1.93. The molecule has 7 nitrogen and oxygen atoms in total. The SMILES string of the molecule is Cn1cc(CNc2ccc(-c3nncn3C)cn2)cn1. The van der Waals surface area contributed by atoms with Crippen molar-refractivity contribution < 1.29 is 0 Å². The van der Waals surface area contributed by atoms with Crippen LogP contribution < -0.4 is 5.32 Å². The summed E-state index contributed by atoms with van der Waals surface area (Å²) < 4.78 is 3.64. The maximum Gasteiger partial charge on any atom is 0.165 e. The van der Waals surface area contributed by atoms with Gasteiger partial charge >= 0.3 is 0 Å². The number of nitrogens with zero attached hydrogens (tertiary/aromatic N) is 6. The lowest BCUT2D eigenvalue weighted by molar-refractivity contribution is 0.767. The smallest absolute Gasteiger partial charge is 0.165 e. The molecule has 3 rings (SSSR count). The number of aryl methyl sites for hydroxylation is 2. The van der Waals surface area contributed by atoms with Gasteiger partial charge in [0, 0.05) is 44.2 Å². The summed E-state index contributed by atoms with van der Waals surface area (Å²) in [5.74, 6) is 1.62. The predicted octanol–water partition coefficient (Wildman–Crippen LogP) is 1.22. The third kappa shape index (κ3) is 2.51. The van der Waals surface area contributed by atoms with Crippen LogP contribution in [0.5, 0.6) is 0 Å². The van der Waals surface area contributed by atoms with Crippen LogP contribution in [0.4, 0.5) is 5.82 Å². The largest absolute Gasteiger partial charge is 0.366 e. The Kier molecular flexibility index (Phi) is 3.16. The summed E-state index contributed by atoms with van der Waals surface area (Å²) in [6.45, 7) is 0.699. The molecule has 0 unspecified atom stereocenters. The third-order valence-corrected chi connectivity index (χ3v) is 2.97. The van der Waals surface area contributed by atoms with E-state index in [2.05, 4.69) is 25.6 Å². The van der Waals surface area contributed by atoms with Gasteiger partial charge in [-0.15, -0.1) is 10.2 Å². The highest BCUT2D eigenvalue weighted by atomic mass is 15.2. The first kappa shape index (κ1) is 12.3. The van der Waals surface area contributed by atoms with E-state index in [1.807, 2.05) is 43.2 Å². The standard InChI is InChI=1S/C13H15N7/c1-19-9-16-18-13(19)11-3-4-12(15-7-11)14-5-10-6-17-20(2)8-10/h3-4,6-9H,5H2,1-2H3,(H,14,15). The van der Waals surface area contributed by atoms with Crippen LogP contribution in [0.25, 0.3) is 11.4 Å². The summed E-state index contributed by atoms with van der Waals surface area (Å²) in [4.78, 5) is 4.38. The summed E-state index contributed by atoms with van der Waals surface area (Å²) in [6, 6.07) is 3.91. The summed E-state index contributed by atoms with van der Waals surface area (Å²) in [6.07, 6.45) is 7.27. The van der Waals surface area contributed by atoms with Crippen LogP contribution in [-0.4, -0.2) is 29.5 Å². The monoisotopic (exact) mass is 269 g/mol. The van der Waals surface area contributed by atoms with E-state index < -0.39 is 0 Å². The molecule has 102 valence electrons. The van der Waals surface area contributed by atoms with Crippen molar-refractivity contribution in [2.24, 2.45) is 14.1 Å². The zero-order valence-corrected chi connectivity index (χ0v) is 11.4. The lowest BCUT2D eigenvalue weighted by Gasteiger charge is -2.05. The van der Waals surface area contributed by atoms with Crippen molar-refractivity contribution in [3.05, 3.63) is 42.6 Å². The number of aromatic nitrogens is 6. The second-order valence-corrected chi connectivity index (χ2v) is 4.57. The van der Waals surface area contributed by atoms with Gasteiger partial charge in [0.25, 0.3) is 0 Å².